The number of morpholine rings is 1. The highest BCUT2D eigenvalue weighted by Crippen LogP contribution is 2.19. The van der Waals surface area contributed by atoms with Gasteiger partial charge < -0.3 is 15.1 Å². The van der Waals surface area contributed by atoms with Crippen LogP contribution in [-0.4, -0.2) is 48.0 Å². The lowest BCUT2D eigenvalue weighted by Gasteiger charge is -2.32. The molecule has 3 rings (SSSR count). The van der Waals surface area contributed by atoms with Crippen LogP contribution in [0.15, 0.2) is 65.1 Å². The normalized spacial score (nSPS) is 23.7. The van der Waals surface area contributed by atoms with Crippen molar-refractivity contribution in [1.82, 2.24) is 15.4 Å². The third-order valence-electron chi connectivity index (χ3n) is 4.27. The Labute approximate surface area is 161 Å². The highest BCUT2D eigenvalue weighted by atomic mass is 16.5. The lowest BCUT2D eigenvalue weighted by Crippen LogP contribution is -2.41. The van der Waals surface area contributed by atoms with Gasteiger partial charge in [-0.1, -0.05) is 30.4 Å². The van der Waals surface area contributed by atoms with Crippen LogP contribution in [0.1, 0.15) is 26.5 Å². The second-order valence-corrected chi connectivity index (χ2v) is 7.01. The van der Waals surface area contributed by atoms with Gasteiger partial charge in [0.25, 0.3) is 0 Å². The van der Waals surface area contributed by atoms with E-state index in [4.69, 9.17) is 4.74 Å². The summed E-state index contributed by atoms with van der Waals surface area (Å²) in [7, 11) is 0. The van der Waals surface area contributed by atoms with Gasteiger partial charge >= 0.3 is 0 Å². The number of allylic oxidation sites excluding steroid dienone is 6. The molecule has 0 unspecified atom stereocenters. The first-order valence-electron chi connectivity index (χ1n) is 9.25. The van der Waals surface area contributed by atoms with Crippen LogP contribution in [0.2, 0.25) is 0 Å². The number of hydrazone groups is 1. The highest BCUT2D eigenvalue weighted by molar-refractivity contribution is 6.13. The molecule has 1 aromatic rings. The number of ether oxygens (including phenoxy) is 1. The van der Waals surface area contributed by atoms with E-state index < -0.39 is 0 Å². The Kier molecular flexibility index (Phi) is 6.19. The molecule has 0 amide bonds. The number of aromatic nitrogens is 2. The standard InChI is InChI=1S/C21H27N5O/c1-15(2)10-18-6-5-7-24-25-21(16(3)11-18)19-12-20(23-14-22-19)26-8-9-27-17(4)13-26/h5-6,10-12,14,17,24H,3,7-9,13H2,1-2,4H3/b6-5-,18-11+,25-21?/t17-/m1/s1. The lowest BCUT2D eigenvalue weighted by molar-refractivity contribution is 0.0529. The summed E-state index contributed by atoms with van der Waals surface area (Å²) in [6.07, 6.45) is 10.1. The van der Waals surface area contributed by atoms with E-state index in [1.54, 1.807) is 6.33 Å². The summed E-state index contributed by atoms with van der Waals surface area (Å²) in [6, 6.07) is 1.98. The average Bonchev–Trinajstić information content (AvgIpc) is 2.72. The molecule has 6 heteroatoms. The fraction of sp³-hybridized carbons (Fsp3) is 0.381. The number of anilines is 1. The average molecular weight is 365 g/mol. The number of nitrogens with one attached hydrogen (secondary N) is 1. The van der Waals surface area contributed by atoms with Crippen molar-refractivity contribution in [2.45, 2.75) is 26.9 Å². The summed E-state index contributed by atoms with van der Waals surface area (Å²) in [6.45, 7) is 13.4. The molecule has 2 aliphatic heterocycles. The highest BCUT2D eigenvalue weighted by Gasteiger charge is 2.19. The number of nitrogens with zero attached hydrogens (tertiary/aromatic N) is 4. The Morgan fingerprint density at radius 2 is 2.22 bits per heavy atom. The van der Waals surface area contributed by atoms with Gasteiger partial charge in [-0.05, 0) is 38.0 Å². The molecule has 1 saturated heterocycles. The topological polar surface area (TPSA) is 62.6 Å². The van der Waals surface area contributed by atoms with Gasteiger partial charge in [-0.25, -0.2) is 9.97 Å². The van der Waals surface area contributed by atoms with Crippen molar-refractivity contribution < 1.29 is 4.74 Å². The van der Waals surface area contributed by atoms with Gasteiger partial charge in [0.2, 0.25) is 0 Å². The molecule has 142 valence electrons. The van der Waals surface area contributed by atoms with Crippen molar-refractivity contribution in [3.63, 3.8) is 0 Å². The summed E-state index contributed by atoms with van der Waals surface area (Å²) in [5.74, 6) is 0.886. The van der Waals surface area contributed by atoms with E-state index in [1.165, 1.54) is 5.57 Å². The van der Waals surface area contributed by atoms with E-state index in [9.17, 15) is 0 Å². The van der Waals surface area contributed by atoms with Gasteiger partial charge in [-0.3, -0.25) is 0 Å². The third kappa shape index (κ3) is 5.14. The van der Waals surface area contributed by atoms with Gasteiger partial charge in [0.15, 0.2) is 0 Å². The maximum atomic E-state index is 5.63. The van der Waals surface area contributed by atoms with Crippen LogP contribution in [0, 0.1) is 0 Å². The van der Waals surface area contributed by atoms with Gasteiger partial charge in [0.1, 0.15) is 17.9 Å². The third-order valence-corrected chi connectivity index (χ3v) is 4.27. The van der Waals surface area contributed by atoms with E-state index in [0.717, 1.165) is 41.5 Å². The smallest absolute Gasteiger partial charge is 0.132 e. The summed E-state index contributed by atoms with van der Waals surface area (Å²) in [4.78, 5) is 11.1. The second-order valence-electron chi connectivity index (χ2n) is 7.01. The van der Waals surface area contributed by atoms with Crippen molar-refractivity contribution in [2.24, 2.45) is 5.10 Å². The van der Waals surface area contributed by atoms with Crippen molar-refractivity contribution in [3.05, 3.63) is 65.7 Å². The summed E-state index contributed by atoms with van der Waals surface area (Å²) >= 11 is 0. The summed E-state index contributed by atoms with van der Waals surface area (Å²) < 4.78 is 5.63. The van der Waals surface area contributed by atoms with E-state index in [-0.39, 0.29) is 6.10 Å². The lowest BCUT2D eigenvalue weighted by atomic mass is 10.0. The fourth-order valence-electron chi connectivity index (χ4n) is 3.08. The maximum absolute atomic E-state index is 5.63. The maximum Gasteiger partial charge on any atom is 0.132 e. The molecule has 1 aromatic heterocycles. The number of hydrogen-bond acceptors (Lipinski definition) is 6. The predicted octanol–water partition coefficient (Wildman–Crippen LogP) is 3.01. The van der Waals surface area contributed by atoms with Crippen molar-refractivity contribution in [1.29, 1.82) is 0 Å². The number of rotatable bonds is 3. The van der Waals surface area contributed by atoms with Gasteiger partial charge in [-0.2, -0.15) is 5.10 Å². The molecule has 27 heavy (non-hydrogen) atoms. The van der Waals surface area contributed by atoms with Crippen LogP contribution in [0.4, 0.5) is 5.82 Å². The molecule has 3 heterocycles. The van der Waals surface area contributed by atoms with Crippen LogP contribution < -0.4 is 10.3 Å². The minimum atomic E-state index is 0.191. The van der Waals surface area contributed by atoms with Gasteiger partial charge in [-0.15, -0.1) is 0 Å². The second kappa shape index (κ2) is 8.77. The summed E-state index contributed by atoms with van der Waals surface area (Å²) in [5, 5.41) is 4.53. The first-order valence-corrected chi connectivity index (χ1v) is 9.25. The molecule has 1 atom stereocenters. The largest absolute Gasteiger partial charge is 0.375 e. The van der Waals surface area contributed by atoms with E-state index >= 15 is 0 Å². The van der Waals surface area contributed by atoms with Gasteiger partial charge in [0, 0.05) is 19.2 Å². The predicted molar refractivity (Wildman–Crippen MR) is 110 cm³/mol. The fourth-order valence-corrected chi connectivity index (χ4v) is 3.08. The molecule has 0 bridgehead atoms. The van der Waals surface area contributed by atoms with Crippen LogP contribution in [0.25, 0.3) is 0 Å². The Morgan fingerprint density at radius 3 is 3.00 bits per heavy atom. The minimum Gasteiger partial charge on any atom is -0.375 e. The monoisotopic (exact) mass is 365 g/mol. The quantitative estimate of drug-likeness (QED) is 0.892. The molecular weight excluding hydrogens is 338 g/mol. The van der Waals surface area contributed by atoms with Crippen LogP contribution in [0.5, 0.6) is 0 Å². The summed E-state index contributed by atoms with van der Waals surface area (Å²) in [5.41, 5.74) is 7.69. The zero-order chi connectivity index (χ0) is 19.2. The molecule has 1 fully saturated rings. The number of hydrogen-bond donors (Lipinski definition) is 1. The molecule has 2 aliphatic rings. The Balaban J connectivity index is 1.91. The Morgan fingerprint density at radius 1 is 1.37 bits per heavy atom. The van der Waals surface area contributed by atoms with E-state index in [0.29, 0.717) is 13.2 Å². The molecule has 0 aromatic carbocycles. The van der Waals surface area contributed by atoms with Crippen molar-refractivity contribution >= 4 is 11.5 Å². The minimum absolute atomic E-state index is 0.191. The van der Waals surface area contributed by atoms with Crippen molar-refractivity contribution in [3.8, 4) is 0 Å². The first kappa shape index (κ1) is 19.0. The SMILES string of the molecule is C=C1/C=C(C=C(C)C)\C=C/CNN=C1c1cc(N2CCO[C@H](C)C2)ncn1. The zero-order valence-electron chi connectivity index (χ0n) is 16.3. The van der Waals surface area contributed by atoms with Crippen LogP contribution in [0.3, 0.4) is 0 Å². The van der Waals surface area contributed by atoms with Crippen LogP contribution in [-0.2, 0) is 4.74 Å². The molecule has 6 nitrogen and oxygen atoms in total. The Bertz CT molecular complexity index is 818. The molecule has 1 N–H and O–H groups in total. The molecule has 0 spiro atoms. The molecule has 0 aliphatic carbocycles. The molecular formula is C21H27N5O. The van der Waals surface area contributed by atoms with Gasteiger partial charge in [0.05, 0.1) is 24.9 Å². The first-order chi connectivity index (χ1) is 13.0. The van der Waals surface area contributed by atoms with Crippen LogP contribution >= 0.6 is 0 Å². The zero-order valence-corrected chi connectivity index (χ0v) is 16.3. The van der Waals surface area contributed by atoms with Crippen molar-refractivity contribution in [2.75, 3.05) is 31.1 Å². The molecule has 0 saturated carbocycles. The van der Waals surface area contributed by atoms with E-state index in [1.807, 2.05) is 18.2 Å². The Hall–Kier alpha value is -2.73. The molecule has 0 radical (unpaired) electrons. The van der Waals surface area contributed by atoms with E-state index in [2.05, 4.69) is 64.9 Å².